The number of hydrogen-bond donors (Lipinski definition) is 0. The normalized spacial score (nSPS) is 21.2. The third-order valence-corrected chi connectivity index (χ3v) is 12.6. The largest absolute Gasteiger partial charge is 0.456 e. The Morgan fingerprint density at radius 1 is 0.660 bits per heavy atom. The van der Waals surface area contributed by atoms with E-state index in [1.54, 1.807) is 0 Å². The topological polar surface area (TPSA) is 51.8 Å². The number of hydrogen-bond acceptors (Lipinski definition) is 5. The van der Waals surface area contributed by atoms with Crippen LogP contribution >= 0.6 is 11.8 Å². The number of fused-ring (bicyclic) bond motifs is 8. The molecule has 11 rings (SSSR count). The van der Waals surface area contributed by atoms with Gasteiger partial charge >= 0.3 is 0 Å². The second kappa shape index (κ2) is 11.7. The van der Waals surface area contributed by atoms with E-state index in [9.17, 15) is 0 Å². The number of thioether (sulfide) groups is 1. The van der Waals surface area contributed by atoms with Gasteiger partial charge < -0.3 is 4.42 Å². The van der Waals surface area contributed by atoms with Gasteiger partial charge in [0.2, 0.25) is 0 Å². The summed E-state index contributed by atoms with van der Waals surface area (Å²) in [5, 5.41) is 4.42. The highest BCUT2D eigenvalue weighted by Crippen LogP contribution is 2.56. The van der Waals surface area contributed by atoms with Crippen molar-refractivity contribution in [3.63, 3.8) is 0 Å². The molecule has 3 unspecified atom stereocenters. The first kappa shape index (κ1) is 30.6. The monoisotopic (exact) mass is 699 g/mol. The SMILES string of the molecule is CC12C=CC=CC1c1cc(-c3cccc4oc5cccc(-c6nc(C7=CC=C8C=CC=CC8C7)nc(-c7ccc8ccccc8c7)n6)c5c34)ccc1S2. The zero-order chi connectivity index (χ0) is 35.1. The maximum absolute atomic E-state index is 6.61. The summed E-state index contributed by atoms with van der Waals surface area (Å²) < 4.78 is 6.64. The molecular formula is C48H33N3OS. The van der Waals surface area contributed by atoms with Crippen molar-refractivity contribution >= 4 is 50.0 Å². The lowest BCUT2D eigenvalue weighted by molar-refractivity contribution is 0.669. The molecule has 4 aliphatic rings. The van der Waals surface area contributed by atoms with Crippen LogP contribution in [0.1, 0.15) is 30.7 Å². The van der Waals surface area contributed by atoms with Gasteiger partial charge in [-0.15, -0.1) is 11.8 Å². The van der Waals surface area contributed by atoms with Gasteiger partial charge in [-0.1, -0.05) is 127 Å². The summed E-state index contributed by atoms with van der Waals surface area (Å²) in [6, 6.07) is 34.4. The number of furan rings is 1. The van der Waals surface area contributed by atoms with E-state index in [4.69, 9.17) is 19.4 Å². The molecule has 3 aliphatic carbocycles. The Bertz CT molecular complexity index is 2890. The standard InChI is InChI=1S/C48H33N3OS/c1-48-25-7-6-16-39(48)38-28-33(23-24-42(38)53-48)36-14-8-17-40-43(36)44-37(15-9-18-41(44)52-40)47-50-45(34-21-19-29-10-2-4-12-31(29)26-34)49-46(51-47)35-22-20-30-11-3-5-13-32(30)27-35/h2-26,28,32,39H,27H2,1H3. The summed E-state index contributed by atoms with van der Waals surface area (Å²) in [6.45, 7) is 2.34. The van der Waals surface area contributed by atoms with Crippen LogP contribution in [0.15, 0.2) is 173 Å². The highest BCUT2D eigenvalue weighted by atomic mass is 32.2. The van der Waals surface area contributed by atoms with Crippen LogP contribution in [-0.4, -0.2) is 19.7 Å². The highest BCUT2D eigenvalue weighted by Gasteiger charge is 2.41. The fraction of sp³-hybridized carbons (Fsp3) is 0.104. The van der Waals surface area contributed by atoms with Crippen molar-refractivity contribution in [3.05, 3.63) is 175 Å². The summed E-state index contributed by atoms with van der Waals surface area (Å²) in [7, 11) is 0. The van der Waals surface area contributed by atoms with E-state index in [1.807, 2.05) is 17.8 Å². The average Bonchev–Trinajstić information content (AvgIpc) is 3.75. The number of aromatic nitrogens is 3. The molecule has 0 spiro atoms. The van der Waals surface area contributed by atoms with Gasteiger partial charge in [0.05, 0.1) is 0 Å². The van der Waals surface area contributed by atoms with Gasteiger partial charge in [-0.3, -0.25) is 0 Å². The van der Waals surface area contributed by atoms with Crippen LogP contribution in [0.4, 0.5) is 0 Å². The quantitative estimate of drug-likeness (QED) is 0.183. The number of rotatable bonds is 4. The van der Waals surface area contributed by atoms with E-state index in [0.29, 0.717) is 29.3 Å². The Kier molecular flexibility index (Phi) is 6.77. The fourth-order valence-electron chi connectivity index (χ4n) is 8.54. The first-order valence-electron chi connectivity index (χ1n) is 18.2. The predicted octanol–water partition coefficient (Wildman–Crippen LogP) is 12.5. The molecule has 252 valence electrons. The second-order valence-electron chi connectivity index (χ2n) is 14.5. The molecule has 3 heterocycles. The molecule has 3 atom stereocenters. The van der Waals surface area contributed by atoms with Crippen molar-refractivity contribution in [2.24, 2.45) is 5.92 Å². The molecular weight excluding hydrogens is 667 g/mol. The number of benzene rings is 5. The molecule has 0 fully saturated rings. The van der Waals surface area contributed by atoms with E-state index >= 15 is 0 Å². The summed E-state index contributed by atoms with van der Waals surface area (Å²) in [4.78, 5) is 17.0. The van der Waals surface area contributed by atoms with Crippen LogP contribution < -0.4 is 0 Å². The molecule has 2 aromatic heterocycles. The summed E-state index contributed by atoms with van der Waals surface area (Å²) in [5.74, 6) is 2.63. The van der Waals surface area contributed by atoms with Gasteiger partial charge in [0.1, 0.15) is 11.2 Å². The minimum absolute atomic E-state index is 0.0332. The minimum Gasteiger partial charge on any atom is -0.456 e. The minimum atomic E-state index is 0.0332. The first-order chi connectivity index (χ1) is 26.1. The molecule has 53 heavy (non-hydrogen) atoms. The van der Waals surface area contributed by atoms with E-state index in [1.165, 1.54) is 27.0 Å². The van der Waals surface area contributed by atoms with Crippen LogP contribution in [0.2, 0.25) is 0 Å². The zero-order valence-corrected chi connectivity index (χ0v) is 29.8. The predicted molar refractivity (Wildman–Crippen MR) is 219 cm³/mol. The lowest BCUT2D eigenvalue weighted by atomic mass is 9.83. The van der Waals surface area contributed by atoms with Gasteiger partial charge in [-0.05, 0) is 82.3 Å². The molecule has 4 nitrogen and oxygen atoms in total. The van der Waals surface area contributed by atoms with Crippen molar-refractivity contribution in [3.8, 4) is 33.9 Å². The Morgan fingerprint density at radius 3 is 2.34 bits per heavy atom. The molecule has 7 aromatic rings. The number of allylic oxidation sites excluding steroid dienone is 11. The Balaban J connectivity index is 1.12. The molecule has 0 saturated carbocycles. The van der Waals surface area contributed by atoms with Gasteiger partial charge in [0.15, 0.2) is 17.5 Å². The maximum atomic E-state index is 6.61. The molecule has 0 amide bonds. The van der Waals surface area contributed by atoms with Crippen molar-refractivity contribution in [2.45, 2.75) is 28.9 Å². The summed E-state index contributed by atoms with van der Waals surface area (Å²) in [5.41, 5.74) is 9.66. The Morgan fingerprint density at radius 2 is 1.43 bits per heavy atom. The molecule has 1 aliphatic heterocycles. The second-order valence-corrected chi connectivity index (χ2v) is 16.0. The fourth-order valence-corrected chi connectivity index (χ4v) is 9.93. The van der Waals surface area contributed by atoms with Gasteiger partial charge in [0, 0.05) is 43.4 Å². The first-order valence-corrected chi connectivity index (χ1v) is 19.0. The van der Waals surface area contributed by atoms with Crippen molar-refractivity contribution in [2.75, 3.05) is 0 Å². The van der Waals surface area contributed by atoms with Gasteiger partial charge in [-0.25, -0.2) is 15.0 Å². The number of nitrogens with zero attached hydrogens (tertiary/aromatic N) is 3. The zero-order valence-electron chi connectivity index (χ0n) is 29.0. The van der Waals surface area contributed by atoms with Crippen molar-refractivity contribution in [1.82, 2.24) is 15.0 Å². The Labute approximate surface area is 311 Å². The van der Waals surface area contributed by atoms with E-state index in [-0.39, 0.29) is 4.75 Å². The van der Waals surface area contributed by atoms with Gasteiger partial charge in [-0.2, -0.15) is 0 Å². The smallest absolute Gasteiger partial charge is 0.164 e. The highest BCUT2D eigenvalue weighted by molar-refractivity contribution is 8.01. The third-order valence-electron chi connectivity index (χ3n) is 11.2. The van der Waals surface area contributed by atoms with Gasteiger partial charge in [0.25, 0.3) is 0 Å². The lowest BCUT2D eigenvalue weighted by Gasteiger charge is -2.27. The summed E-state index contributed by atoms with van der Waals surface area (Å²) >= 11 is 1.96. The van der Waals surface area contributed by atoms with Crippen LogP contribution in [-0.2, 0) is 0 Å². The molecule has 0 radical (unpaired) electrons. The molecule has 0 N–H and O–H groups in total. The molecule has 5 heteroatoms. The lowest BCUT2D eigenvalue weighted by Crippen LogP contribution is -2.22. The molecule has 5 aromatic carbocycles. The van der Waals surface area contributed by atoms with Crippen molar-refractivity contribution in [1.29, 1.82) is 0 Å². The van der Waals surface area contributed by atoms with Crippen LogP contribution in [0.3, 0.4) is 0 Å². The average molecular weight is 700 g/mol. The molecule has 0 bridgehead atoms. The van der Waals surface area contributed by atoms with Crippen LogP contribution in [0, 0.1) is 5.92 Å². The Hall–Kier alpha value is -6.04. The van der Waals surface area contributed by atoms with E-state index in [0.717, 1.165) is 56.0 Å². The van der Waals surface area contributed by atoms with Crippen LogP contribution in [0.25, 0.3) is 72.2 Å². The van der Waals surface area contributed by atoms with E-state index in [2.05, 4.69) is 159 Å². The van der Waals surface area contributed by atoms with E-state index < -0.39 is 0 Å². The summed E-state index contributed by atoms with van der Waals surface area (Å²) in [6.07, 6.45) is 23.0. The molecule has 0 saturated heterocycles. The third kappa shape index (κ3) is 4.95. The van der Waals surface area contributed by atoms with Crippen LogP contribution in [0.5, 0.6) is 0 Å². The van der Waals surface area contributed by atoms with Crippen molar-refractivity contribution < 1.29 is 4.42 Å². The maximum Gasteiger partial charge on any atom is 0.164 e.